The van der Waals surface area contributed by atoms with E-state index < -0.39 is 0 Å². The van der Waals surface area contributed by atoms with Crippen LogP contribution in [0.2, 0.25) is 0 Å². The Balaban J connectivity index is 3.04. The first-order chi connectivity index (χ1) is 5.65. The molecule has 0 N–H and O–H groups in total. The standard InChI is InChI=1S/C9H12S3/c1-2-3-6-4-7(10)9(12)8(11)5-6/h4-5,10-12H,2-3H2,1H3. The molecular weight excluding hydrogens is 204 g/mol. The van der Waals surface area contributed by atoms with Gasteiger partial charge in [0.25, 0.3) is 0 Å². The molecule has 0 bridgehead atoms. The topological polar surface area (TPSA) is 0 Å². The molecule has 0 aromatic heterocycles. The van der Waals surface area contributed by atoms with Crippen LogP contribution in [0.1, 0.15) is 18.9 Å². The maximum Gasteiger partial charge on any atom is 0.0308 e. The molecule has 0 aliphatic rings. The fourth-order valence-electron chi connectivity index (χ4n) is 1.09. The van der Waals surface area contributed by atoms with Crippen LogP contribution in [0.15, 0.2) is 26.8 Å². The van der Waals surface area contributed by atoms with Crippen LogP contribution >= 0.6 is 37.9 Å². The summed E-state index contributed by atoms with van der Waals surface area (Å²) in [7, 11) is 0. The summed E-state index contributed by atoms with van der Waals surface area (Å²) in [4.78, 5) is 2.69. The van der Waals surface area contributed by atoms with Gasteiger partial charge in [-0.05, 0) is 24.1 Å². The summed E-state index contributed by atoms with van der Waals surface area (Å²) < 4.78 is 0. The molecule has 0 nitrogen and oxygen atoms in total. The molecule has 0 spiro atoms. The Bertz CT molecular complexity index is 258. The number of hydrogen-bond acceptors (Lipinski definition) is 3. The lowest BCUT2D eigenvalue weighted by atomic mass is 10.1. The van der Waals surface area contributed by atoms with E-state index in [1.807, 2.05) is 0 Å². The van der Waals surface area contributed by atoms with Gasteiger partial charge >= 0.3 is 0 Å². The molecule has 3 heteroatoms. The van der Waals surface area contributed by atoms with Crippen molar-refractivity contribution in [1.82, 2.24) is 0 Å². The maximum atomic E-state index is 4.30. The summed E-state index contributed by atoms with van der Waals surface area (Å²) in [6, 6.07) is 4.10. The van der Waals surface area contributed by atoms with Gasteiger partial charge in [-0.25, -0.2) is 0 Å². The molecule has 0 amide bonds. The van der Waals surface area contributed by atoms with Crippen molar-refractivity contribution in [2.24, 2.45) is 0 Å². The van der Waals surface area contributed by atoms with Crippen LogP contribution < -0.4 is 0 Å². The van der Waals surface area contributed by atoms with Crippen LogP contribution in [0, 0.1) is 0 Å². The predicted octanol–water partition coefficient (Wildman–Crippen LogP) is 3.51. The number of benzene rings is 1. The minimum Gasteiger partial charge on any atom is -0.142 e. The molecule has 0 saturated carbocycles. The molecule has 0 radical (unpaired) electrons. The van der Waals surface area contributed by atoms with E-state index in [0.717, 1.165) is 27.5 Å². The Labute approximate surface area is 90.0 Å². The second-order valence-corrected chi connectivity index (χ2v) is 4.14. The van der Waals surface area contributed by atoms with Crippen molar-refractivity contribution >= 4 is 37.9 Å². The average Bonchev–Trinajstić information content (AvgIpc) is 2.01. The summed E-state index contributed by atoms with van der Waals surface area (Å²) in [6.45, 7) is 2.16. The molecular formula is C9H12S3. The molecule has 0 fully saturated rings. The van der Waals surface area contributed by atoms with E-state index in [4.69, 9.17) is 0 Å². The van der Waals surface area contributed by atoms with Crippen molar-refractivity contribution < 1.29 is 0 Å². The highest BCUT2D eigenvalue weighted by atomic mass is 32.1. The second-order valence-electron chi connectivity index (χ2n) is 2.73. The van der Waals surface area contributed by atoms with Crippen LogP contribution in [-0.4, -0.2) is 0 Å². The first-order valence-corrected chi connectivity index (χ1v) is 5.23. The molecule has 1 aromatic rings. The van der Waals surface area contributed by atoms with Crippen LogP contribution in [0.5, 0.6) is 0 Å². The minimum absolute atomic E-state index is 0.863. The lowest BCUT2D eigenvalue weighted by Crippen LogP contribution is -1.85. The first kappa shape index (κ1) is 10.4. The van der Waals surface area contributed by atoms with Crippen molar-refractivity contribution in [3.05, 3.63) is 17.7 Å². The molecule has 1 aromatic carbocycles. The molecule has 0 unspecified atom stereocenters. The lowest BCUT2D eigenvalue weighted by molar-refractivity contribution is 0.903. The number of aryl methyl sites for hydroxylation is 1. The van der Waals surface area contributed by atoms with Gasteiger partial charge in [0.1, 0.15) is 0 Å². The Morgan fingerprint density at radius 3 is 2.00 bits per heavy atom. The van der Waals surface area contributed by atoms with E-state index in [2.05, 4.69) is 56.9 Å². The van der Waals surface area contributed by atoms with E-state index >= 15 is 0 Å². The van der Waals surface area contributed by atoms with Gasteiger partial charge in [-0.1, -0.05) is 13.3 Å². The Morgan fingerprint density at radius 2 is 1.58 bits per heavy atom. The van der Waals surface area contributed by atoms with Crippen molar-refractivity contribution in [2.75, 3.05) is 0 Å². The van der Waals surface area contributed by atoms with Gasteiger partial charge in [0.15, 0.2) is 0 Å². The van der Waals surface area contributed by atoms with Crippen LogP contribution in [0.4, 0.5) is 0 Å². The summed E-state index contributed by atoms with van der Waals surface area (Å²) in [5.41, 5.74) is 1.28. The molecule has 1 rings (SSSR count). The molecule has 0 atom stereocenters. The SMILES string of the molecule is CCCc1cc(S)c(S)c(S)c1. The quantitative estimate of drug-likeness (QED) is 0.619. The van der Waals surface area contributed by atoms with Gasteiger partial charge in [-0.15, -0.1) is 37.9 Å². The van der Waals surface area contributed by atoms with Gasteiger partial charge in [0.2, 0.25) is 0 Å². The summed E-state index contributed by atoms with van der Waals surface area (Å²) >= 11 is 12.9. The van der Waals surface area contributed by atoms with Gasteiger partial charge in [-0.3, -0.25) is 0 Å². The molecule has 0 saturated heterocycles. The largest absolute Gasteiger partial charge is 0.142 e. The zero-order chi connectivity index (χ0) is 9.14. The molecule has 66 valence electrons. The zero-order valence-electron chi connectivity index (χ0n) is 6.91. The second kappa shape index (κ2) is 4.49. The summed E-state index contributed by atoms with van der Waals surface area (Å²) in [5, 5.41) is 0. The molecule has 12 heavy (non-hydrogen) atoms. The molecule has 0 aliphatic carbocycles. The lowest BCUT2D eigenvalue weighted by Gasteiger charge is -2.05. The number of hydrogen-bond donors (Lipinski definition) is 3. The zero-order valence-corrected chi connectivity index (χ0v) is 9.59. The Morgan fingerprint density at radius 1 is 1.08 bits per heavy atom. The van der Waals surface area contributed by atoms with Gasteiger partial charge in [0.05, 0.1) is 0 Å². The minimum atomic E-state index is 0.863. The van der Waals surface area contributed by atoms with Gasteiger partial charge < -0.3 is 0 Å². The smallest absolute Gasteiger partial charge is 0.0308 e. The third-order valence-electron chi connectivity index (χ3n) is 1.67. The van der Waals surface area contributed by atoms with Crippen LogP contribution in [-0.2, 0) is 6.42 Å². The number of thiol groups is 3. The van der Waals surface area contributed by atoms with E-state index in [1.165, 1.54) is 5.56 Å². The van der Waals surface area contributed by atoms with Crippen molar-refractivity contribution in [3.8, 4) is 0 Å². The third kappa shape index (κ3) is 2.38. The highest BCUT2D eigenvalue weighted by Crippen LogP contribution is 2.27. The summed E-state index contributed by atoms with van der Waals surface area (Å²) in [5.74, 6) is 0. The number of rotatable bonds is 2. The van der Waals surface area contributed by atoms with Gasteiger partial charge in [0, 0.05) is 14.7 Å². The predicted molar refractivity (Wildman–Crippen MR) is 62.2 cm³/mol. The van der Waals surface area contributed by atoms with Crippen LogP contribution in [0.25, 0.3) is 0 Å². The van der Waals surface area contributed by atoms with Crippen molar-refractivity contribution in [2.45, 2.75) is 34.5 Å². The highest BCUT2D eigenvalue weighted by Gasteiger charge is 2.01. The van der Waals surface area contributed by atoms with E-state index in [0.29, 0.717) is 0 Å². The Hall–Kier alpha value is 0.270. The highest BCUT2D eigenvalue weighted by molar-refractivity contribution is 7.85. The van der Waals surface area contributed by atoms with E-state index in [9.17, 15) is 0 Å². The maximum absolute atomic E-state index is 4.30. The molecule has 0 heterocycles. The average molecular weight is 216 g/mol. The Kier molecular flexibility index (Phi) is 3.87. The molecule has 0 aliphatic heterocycles. The fourth-order valence-corrected chi connectivity index (χ4v) is 1.88. The first-order valence-electron chi connectivity index (χ1n) is 3.89. The van der Waals surface area contributed by atoms with Crippen LogP contribution in [0.3, 0.4) is 0 Å². The summed E-state index contributed by atoms with van der Waals surface area (Å²) in [6.07, 6.45) is 2.22. The van der Waals surface area contributed by atoms with Gasteiger partial charge in [-0.2, -0.15) is 0 Å². The fraction of sp³-hybridized carbons (Fsp3) is 0.333. The van der Waals surface area contributed by atoms with Crippen molar-refractivity contribution in [3.63, 3.8) is 0 Å². The van der Waals surface area contributed by atoms with E-state index in [1.54, 1.807) is 0 Å². The van der Waals surface area contributed by atoms with Crippen molar-refractivity contribution in [1.29, 1.82) is 0 Å². The normalized spacial score (nSPS) is 10.3. The monoisotopic (exact) mass is 216 g/mol. The third-order valence-corrected chi connectivity index (χ3v) is 3.21. The van der Waals surface area contributed by atoms with E-state index in [-0.39, 0.29) is 0 Å².